The van der Waals surface area contributed by atoms with Crippen molar-refractivity contribution in [3.05, 3.63) is 50.7 Å². The van der Waals surface area contributed by atoms with Crippen LogP contribution in [-0.4, -0.2) is 39.4 Å². The molecule has 0 fully saturated rings. The topological polar surface area (TPSA) is 119 Å². The van der Waals surface area contributed by atoms with Crippen LogP contribution in [0.4, 0.5) is 11.5 Å². The summed E-state index contributed by atoms with van der Waals surface area (Å²) in [7, 11) is 0. The highest BCUT2D eigenvalue weighted by Gasteiger charge is 2.25. The minimum Gasteiger partial charge on any atom is -0.360 e. The van der Waals surface area contributed by atoms with Crippen molar-refractivity contribution in [2.75, 3.05) is 11.9 Å². The average molecular weight is 381 g/mol. The maximum absolute atomic E-state index is 12.7. The first-order valence-electron chi connectivity index (χ1n) is 7.67. The van der Waals surface area contributed by atoms with Crippen LogP contribution < -0.4 is 5.32 Å². The molecule has 1 N–H and O–H groups in total. The number of anilines is 1. The Balaban J connectivity index is 2.17. The van der Waals surface area contributed by atoms with E-state index in [0.29, 0.717) is 5.76 Å². The zero-order valence-corrected chi connectivity index (χ0v) is 15.1. The summed E-state index contributed by atoms with van der Waals surface area (Å²) in [6, 6.07) is 4.81. The lowest BCUT2D eigenvalue weighted by atomic mass is 10.1. The van der Waals surface area contributed by atoms with E-state index in [9.17, 15) is 19.7 Å². The van der Waals surface area contributed by atoms with Gasteiger partial charge in [-0.1, -0.05) is 16.8 Å². The van der Waals surface area contributed by atoms with Crippen molar-refractivity contribution in [2.45, 2.75) is 26.8 Å². The zero-order valence-electron chi connectivity index (χ0n) is 14.4. The van der Waals surface area contributed by atoms with Gasteiger partial charge in [-0.25, -0.2) is 0 Å². The van der Waals surface area contributed by atoms with Crippen LogP contribution in [0.15, 0.2) is 28.8 Å². The van der Waals surface area contributed by atoms with Crippen molar-refractivity contribution >= 4 is 34.9 Å². The van der Waals surface area contributed by atoms with E-state index in [1.807, 2.05) is 0 Å². The van der Waals surface area contributed by atoms with E-state index < -0.39 is 16.7 Å². The highest BCUT2D eigenvalue weighted by molar-refractivity contribution is 6.34. The fourth-order valence-electron chi connectivity index (χ4n) is 2.20. The molecule has 0 spiro atoms. The van der Waals surface area contributed by atoms with E-state index in [0.717, 1.165) is 6.07 Å². The third-order valence-electron chi connectivity index (χ3n) is 3.49. The van der Waals surface area contributed by atoms with Gasteiger partial charge < -0.3 is 14.7 Å². The standard InChI is InChI=1S/C16H17ClN4O5/c1-9(2)20(8-15(22)18-14-6-10(3)26-19-14)16(23)12-5-4-11(21(24)25)7-13(12)17/h4-7,9H,8H2,1-3H3,(H,18,19,22). The summed E-state index contributed by atoms with van der Waals surface area (Å²) in [5.41, 5.74) is -0.141. The third kappa shape index (κ3) is 4.57. The number of halogens is 1. The van der Waals surface area contributed by atoms with Crippen molar-refractivity contribution in [1.82, 2.24) is 10.1 Å². The average Bonchev–Trinajstić information content (AvgIpc) is 2.96. The SMILES string of the molecule is Cc1cc(NC(=O)CN(C(=O)c2ccc([N+](=O)[O-])cc2Cl)C(C)C)no1. The number of non-ortho nitro benzene ring substituents is 1. The number of hydrogen-bond acceptors (Lipinski definition) is 6. The van der Waals surface area contributed by atoms with Gasteiger partial charge in [0.05, 0.1) is 15.5 Å². The second-order valence-corrected chi connectivity index (χ2v) is 6.23. The monoisotopic (exact) mass is 380 g/mol. The molecular weight excluding hydrogens is 364 g/mol. The van der Waals surface area contributed by atoms with Gasteiger partial charge in [-0.05, 0) is 26.8 Å². The van der Waals surface area contributed by atoms with Crippen LogP contribution in [-0.2, 0) is 4.79 Å². The fourth-order valence-corrected chi connectivity index (χ4v) is 2.45. The molecule has 0 aliphatic heterocycles. The number of aromatic nitrogens is 1. The molecule has 0 bridgehead atoms. The van der Waals surface area contributed by atoms with Crippen molar-refractivity contribution in [3.63, 3.8) is 0 Å². The quantitative estimate of drug-likeness (QED) is 0.607. The van der Waals surface area contributed by atoms with Gasteiger partial charge in [-0.3, -0.25) is 19.7 Å². The van der Waals surface area contributed by atoms with Gasteiger partial charge in [-0.2, -0.15) is 0 Å². The number of carbonyl (C=O) groups excluding carboxylic acids is 2. The summed E-state index contributed by atoms with van der Waals surface area (Å²) in [4.78, 5) is 36.4. The molecule has 1 heterocycles. The van der Waals surface area contributed by atoms with Gasteiger partial charge in [-0.15, -0.1) is 0 Å². The molecule has 0 atom stereocenters. The van der Waals surface area contributed by atoms with Crippen molar-refractivity contribution in [2.24, 2.45) is 0 Å². The van der Waals surface area contributed by atoms with Crippen LogP contribution >= 0.6 is 11.6 Å². The van der Waals surface area contributed by atoms with E-state index in [2.05, 4.69) is 10.5 Å². The Morgan fingerprint density at radius 2 is 2.08 bits per heavy atom. The Kier molecular flexibility index (Phi) is 5.93. The Morgan fingerprint density at radius 3 is 2.58 bits per heavy atom. The molecule has 138 valence electrons. The maximum Gasteiger partial charge on any atom is 0.270 e. The van der Waals surface area contributed by atoms with Crippen LogP contribution in [0.3, 0.4) is 0 Å². The number of hydrogen-bond donors (Lipinski definition) is 1. The van der Waals surface area contributed by atoms with Crippen molar-refractivity contribution in [3.8, 4) is 0 Å². The van der Waals surface area contributed by atoms with E-state index in [4.69, 9.17) is 16.1 Å². The molecule has 1 aromatic carbocycles. The molecule has 0 radical (unpaired) electrons. The molecular formula is C16H17ClN4O5. The third-order valence-corrected chi connectivity index (χ3v) is 3.80. The second-order valence-electron chi connectivity index (χ2n) is 5.82. The largest absolute Gasteiger partial charge is 0.360 e. The number of benzene rings is 1. The molecule has 9 nitrogen and oxygen atoms in total. The van der Waals surface area contributed by atoms with Gasteiger partial charge in [0.15, 0.2) is 5.82 Å². The number of aryl methyl sites for hydroxylation is 1. The fraction of sp³-hybridized carbons (Fsp3) is 0.312. The highest BCUT2D eigenvalue weighted by Crippen LogP contribution is 2.24. The Morgan fingerprint density at radius 1 is 1.38 bits per heavy atom. The first-order valence-corrected chi connectivity index (χ1v) is 8.05. The summed E-state index contributed by atoms with van der Waals surface area (Å²) in [6.45, 7) is 4.92. The van der Waals surface area contributed by atoms with Crippen molar-refractivity contribution in [1.29, 1.82) is 0 Å². The molecule has 2 aromatic rings. The van der Waals surface area contributed by atoms with Crippen molar-refractivity contribution < 1.29 is 19.0 Å². The number of rotatable bonds is 6. The minimum absolute atomic E-state index is 0.0533. The predicted molar refractivity (Wildman–Crippen MR) is 94.1 cm³/mol. The highest BCUT2D eigenvalue weighted by atomic mass is 35.5. The van der Waals surface area contributed by atoms with Gasteiger partial charge in [0, 0.05) is 24.2 Å². The first kappa shape index (κ1) is 19.4. The molecule has 2 amide bonds. The lowest BCUT2D eigenvalue weighted by molar-refractivity contribution is -0.384. The van der Waals surface area contributed by atoms with Crippen LogP contribution in [0.2, 0.25) is 5.02 Å². The van der Waals surface area contributed by atoms with Crippen LogP contribution in [0.1, 0.15) is 30.0 Å². The van der Waals surface area contributed by atoms with Gasteiger partial charge in [0.25, 0.3) is 11.6 Å². The summed E-state index contributed by atoms with van der Waals surface area (Å²) >= 11 is 6.01. The molecule has 0 unspecified atom stereocenters. The molecule has 26 heavy (non-hydrogen) atoms. The van der Waals surface area contributed by atoms with Crippen LogP contribution in [0, 0.1) is 17.0 Å². The molecule has 1 aromatic heterocycles. The zero-order chi connectivity index (χ0) is 19.4. The number of carbonyl (C=O) groups is 2. The van der Waals surface area contributed by atoms with Gasteiger partial charge in [0.2, 0.25) is 5.91 Å². The molecule has 0 saturated heterocycles. The molecule has 0 aliphatic carbocycles. The Hall–Kier alpha value is -2.94. The van der Waals surface area contributed by atoms with Gasteiger partial charge >= 0.3 is 0 Å². The number of amides is 2. The van der Waals surface area contributed by atoms with E-state index in [-0.39, 0.29) is 34.7 Å². The molecule has 2 rings (SSSR count). The lowest BCUT2D eigenvalue weighted by Gasteiger charge is -2.26. The lowest BCUT2D eigenvalue weighted by Crippen LogP contribution is -2.42. The summed E-state index contributed by atoms with van der Waals surface area (Å²) in [6.07, 6.45) is 0. The van der Waals surface area contributed by atoms with Crippen LogP contribution in [0.25, 0.3) is 0 Å². The van der Waals surface area contributed by atoms with E-state index in [1.165, 1.54) is 17.0 Å². The summed E-state index contributed by atoms with van der Waals surface area (Å²) < 4.78 is 4.86. The first-order chi connectivity index (χ1) is 12.2. The number of nitrogens with one attached hydrogen (secondary N) is 1. The van der Waals surface area contributed by atoms with E-state index in [1.54, 1.807) is 26.8 Å². The minimum atomic E-state index is -0.603. The predicted octanol–water partition coefficient (Wildman–Crippen LogP) is 3.03. The number of nitro benzene ring substituents is 1. The number of nitro groups is 1. The second kappa shape index (κ2) is 7.96. The summed E-state index contributed by atoms with van der Waals surface area (Å²) in [5.74, 6) is -0.184. The maximum atomic E-state index is 12.7. The molecule has 0 aliphatic rings. The van der Waals surface area contributed by atoms with Gasteiger partial charge in [0.1, 0.15) is 12.3 Å². The van der Waals surface area contributed by atoms with E-state index >= 15 is 0 Å². The Bertz CT molecular complexity index is 849. The molecule has 0 saturated carbocycles. The Labute approximate surface area is 154 Å². The summed E-state index contributed by atoms with van der Waals surface area (Å²) in [5, 5.41) is 16.9. The smallest absolute Gasteiger partial charge is 0.270 e. The molecule has 10 heteroatoms. The van der Waals surface area contributed by atoms with Crippen LogP contribution in [0.5, 0.6) is 0 Å². The number of nitrogens with zero attached hydrogens (tertiary/aromatic N) is 3. The normalized spacial score (nSPS) is 10.7.